The first kappa shape index (κ1) is 13.6. The maximum Gasteiger partial charge on any atom is 0.144 e. The number of nitrogen functional groups attached to an aromatic ring is 1. The second-order valence-electron chi connectivity index (χ2n) is 5.22. The van der Waals surface area contributed by atoms with E-state index in [4.69, 9.17) is 15.2 Å². The molecule has 110 valence electrons. The first-order valence-electron chi connectivity index (χ1n) is 7.19. The fraction of sp³-hybridized carbons (Fsp3) is 0.294. The van der Waals surface area contributed by atoms with Gasteiger partial charge in [0.05, 0.1) is 18.8 Å². The molecular weight excluding hydrogens is 264 g/mol. The molecule has 0 aromatic heterocycles. The Bertz CT molecular complexity index is 611. The number of benzene rings is 2. The van der Waals surface area contributed by atoms with Crippen LogP contribution < -0.4 is 20.1 Å². The van der Waals surface area contributed by atoms with Gasteiger partial charge in [-0.25, -0.2) is 0 Å². The van der Waals surface area contributed by atoms with Crippen LogP contribution in [0.25, 0.3) is 0 Å². The second kappa shape index (κ2) is 5.95. The van der Waals surface area contributed by atoms with Crippen LogP contribution in [0.4, 0.5) is 11.4 Å². The highest BCUT2D eigenvalue weighted by atomic mass is 16.5. The Morgan fingerprint density at radius 1 is 1.19 bits per heavy atom. The summed E-state index contributed by atoms with van der Waals surface area (Å²) >= 11 is 0. The third kappa shape index (κ3) is 3.21. The zero-order chi connectivity index (χ0) is 14.7. The van der Waals surface area contributed by atoms with Crippen LogP contribution in [0.15, 0.2) is 42.5 Å². The van der Waals surface area contributed by atoms with E-state index in [1.807, 2.05) is 30.3 Å². The van der Waals surface area contributed by atoms with Crippen molar-refractivity contribution in [1.29, 1.82) is 0 Å². The molecule has 0 aliphatic carbocycles. The van der Waals surface area contributed by atoms with E-state index in [2.05, 4.69) is 24.0 Å². The van der Waals surface area contributed by atoms with E-state index in [1.165, 1.54) is 5.56 Å². The van der Waals surface area contributed by atoms with Gasteiger partial charge >= 0.3 is 0 Å². The standard InChI is InChI=1S/C17H20N2O2/c1-13-2-5-15(6-3-13)20-10-8-19-9-11-21-17-12-14(18)4-7-16(17)19/h2-7,12H,8-11,18H2,1H3. The summed E-state index contributed by atoms with van der Waals surface area (Å²) in [7, 11) is 0. The smallest absolute Gasteiger partial charge is 0.144 e. The van der Waals surface area contributed by atoms with Gasteiger partial charge in [-0.3, -0.25) is 0 Å². The van der Waals surface area contributed by atoms with Crippen LogP contribution in [0.1, 0.15) is 5.56 Å². The summed E-state index contributed by atoms with van der Waals surface area (Å²) in [4.78, 5) is 2.27. The van der Waals surface area contributed by atoms with Crippen molar-refractivity contribution in [3.8, 4) is 11.5 Å². The van der Waals surface area contributed by atoms with Gasteiger partial charge < -0.3 is 20.1 Å². The van der Waals surface area contributed by atoms with Gasteiger partial charge in [-0.1, -0.05) is 17.7 Å². The minimum Gasteiger partial charge on any atom is -0.492 e. The molecule has 0 spiro atoms. The van der Waals surface area contributed by atoms with Gasteiger partial charge in [0.15, 0.2) is 0 Å². The molecule has 3 rings (SSSR count). The Kier molecular flexibility index (Phi) is 3.86. The minimum atomic E-state index is 0.646. The third-order valence-electron chi connectivity index (χ3n) is 3.59. The van der Waals surface area contributed by atoms with Crippen molar-refractivity contribution in [1.82, 2.24) is 0 Å². The molecule has 0 saturated heterocycles. The van der Waals surface area contributed by atoms with Crippen molar-refractivity contribution in [2.45, 2.75) is 6.92 Å². The lowest BCUT2D eigenvalue weighted by Crippen LogP contribution is -2.35. The molecule has 21 heavy (non-hydrogen) atoms. The molecule has 0 fully saturated rings. The highest BCUT2D eigenvalue weighted by Gasteiger charge is 2.17. The molecule has 0 bridgehead atoms. The zero-order valence-electron chi connectivity index (χ0n) is 12.2. The summed E-state index contributed by atoms with van der Waals surface area (Å²) in [6, 6.07) is 13.9. The molecule has 0 radical (unpaired) electrons. The van der Waals surface area contributed by atoms with Crippen LogP contribution in [-0.2, 0) is 0 Å². The van der Waals surface area contributed by atoms with E-state index in [-0.39, 0.29) is 0 Å². The number of anilines is 2. The molecule has 2 aromatic carbocycles. The van der Waals surface area contributed by atoms with Crippen LogP contribution in [0.3, 0.4) is 0 Å². The number of ether oxygens (including phenoxy) is 2. The zero-order valence-corrected chi connectivity index (χ0v) is 12.2. The number of hydrogen-bond donors (Lipinski definition) is 1. The van der Waals surface area contributed by atoms with Gasteiger partial charge in [0.1, 0.15) is 24.7 Å². The van der Waals surface area contributed by atoms with E-state index in [0.29, 0.717) is 13.2 Å². The van der Waals surface area contributed by atoms with Gasteiger partial charge in [0.25, 0.3) is 0 Å². The Morgan fingerprint density at radius 3 is 2.81 bits per heavy atom. The summed E-state index contributed by atoms with van der Waals surface area (Å²) in [6.45, 7) is 5.09. The molecule has 0 atom stereocenters. The van der Waals surface area contributed by atoms with Crippen molar-refractivity contribution in [2.24, 2.45) is 0 Å². The minimum absolute atomic E-state index is 0.646. The van der Waals surface area contributed by atoms with Gasteiger partial charge in [-0.2, -0.15) is 0 Å². The fourth-order valence-electron chi connectivity index (χ4n) is 2.43. The lowest BCUT2D eigenvalue weighted by molar-refractivity contribution is 0.288. The molecule has 4 nitrogen and oxygen atoms in total. The number of nitrogens with two attached hydrogens (primary N) is 1. The van der Waals surface area contributed by atoms with E-state index >= 15 is 0 Å². The molecule has 0 unspecified atom stereocenters. The molecule has 4 heteroatoms. The quantitative estimate of drug-likeness (QED) is 0.877. The molecule has 0 saturated carbocycles. The number of nitrogens with zero attached hydrogens (tertiary/aromatic N) is 1. The van der Waals surface area contributed by atoms with Crippen molar-refractivity contribution < 1.29 is 9.47 Å². The van der Waals surface area contributed by atoms with E-state index in [0.717, 1.165) is 36.0 Å². The summed E-state index contributed by atoms with van der Waals surface area (Å²) in [5, 5.41) is 0. The normalized spacial score (nSPS) is 13.5. The summed E-state index contributed by atoms with van der Waals surface area (Å²) in [6.07, 6.45) is 0. The lowest BCUT2D eigenvalue weighted by atomic mass is 10.2. The first-order valence-corrected chi connectivity index (χ1v) is 7.19. The maximum absolute atomic E-state index is 5.80. The Balaban J connectivity index is 1.60. The molecule has 1 aliphatic heterocycles. The average Bonchev–Trinajstić information content (AvgIpc) is 2.49. The topological polar surface area (TPSA) is 47.7 Å². The van der Waals surface area contributed by atoms with Gasteiger partial charge in [0, 0.05) is 11.8 Å². The predicted molar refractivity (Wildman–Crippen MR) is 85.2 cm³/mol. The maximum atomic E-state index is 5.80. The molecule has 0 amide bonds. The molecular formula is C17H20N2O2. The van der Waals surface area contributed by atoms with E-state index in [9.17, 15) is 0 Å². The Hall–Kier alpha value is -2.36. The molecule has 2 aromatic rings. The summed E-state index contributed by atoms with van der Waals surface area (Å²) < 4.78 is 11.4. The molecule has 2 N–H and O–H groups in total. The fourth-order valence-corrected chi connectivity index (χ4v) is 2.43. The van der Waals surface area contributed by atoms with Crippen LogP contribution >= 0.6 is 0 Å². The van der Waals surface area contributed by atoms with Crippen molar-refractivity contribution in [2.75, 3.05) is 36.9 Å². The number of hydrogen-bond acceptors (Lipinski definition) is 4. The summed E-state index contributed by atoms with van der Waals surface area (Å²) in [5.41, 5.74) is 8.84. The Morgan fingerprint density at radius 2 is 2.00 bits per heavy atom. The monoisotopic (exact) mass is 284 g/mol. The number of aryl methyl sites for hydroxylation is 1. The van der Waals surface area contributed by atoms with Crippen LogP contribution in [0, 0.1) is 6.92 Å². The summed E-state index contributed by atoms with van der Waals surface area (Å²) in [5.74, 6) is 1.77. The highest BCUT2D eigenvalue weighted by molar-refractivity contribution is 5.65. The molecule has 1 heterocycles. The third-order valence-corrected chi connectivity index (χ3v) is 3.59. The lowest BCUT2D eigenvalue weighted by Gasteiger charge is -2.31. The van der Waals surface area contributed by atoms with Crippen molar-refractivity contribution in [3.05, 3.63) is 48.0 Å². The number of fused-ring (bicyclic) bond motifs is 1. The van der Waals surface area contributed by atoms with Gasteiger partial charge in [-0.15, -0.1) is 0 Å². The van der Waals surface area contributed by atoms with E-state index < -0.39 is 0 Å². The van der Waals surface area contributed by atoms with Crippen LogP contribution in [0.2, 0.25) is 0 Å². The van der Waals surface area contributed by atoms with Gasteiger partial charge in [-0.05, 0) is 31.2 Å². The van der Waals surface area contributed by atoms with E-state index in [1.54, 1.807) is 0 Å². The predicted octanol–water partition coefficient (Wildman–Crippen LogP) is 2.86. The largest absolute Gasteiger partial charge is 0.492 e. The first-order chi connectivity index (χ1) is 10.2. The van der Waals surface area contributed by atoms with Crippen LogP contribution in [0.5, 0.6) is 11.5 Å². The van der Waals surface area contributed by atoms with Crippen LogP contribution in [-0.4, -0.2) is 26.3 Å². The SMILES string of the molecule is Cc1ccc(OCCN2CCOc3cc(N)ccc32)cc1. The van der Waals surface area contributed by atoms with Crippen molar-refractivity contribution in [3.63, 3.8) is 0 Å². The Labute approximate surface area is 125 Å². The average molecular weight is 284 g/mol. The molecule has 1 aliphatic rings. The number of rotatable bonds is 4. The second-order valence-corrected chi connectivity index (χ2v) is 5.22. The van der Waals surface area contributed by atoms with Crippen molar-refractivity contribution >= 4 is 11.4 Å². The highest BCUT2D eigenvalue weighted by Crippen LogP contribution is 2.32. The van der Waals surface area contributed by atoms with Gasteiger partial charge in [0.2, 0.25) is 0 Å².